The molecule has 1 atom stereocenters. The molecule has 148 valence electrons. The van der Waals surface area contributed by atoms with Gasteiger partial charge in [0, 0.05) is 12.6 Å². The highest BCUT2D eigenvalue weighted by atomic mass is 32.2. The molecule has 1 saturated carbocycles. The van der Waals surface area contributed by atoms with E-state index in [9.17, 15) is 14.0 Å². The lowest BCUT2D eigenvalue weighted by atomic mass is 10.0. The lowest BCUT2D eigenvalue weighted by Crippen LogP contribution is -2.51. The summed E-state index contributed by atoms with van der Waals surface area (Å²) < 4.78 is 16.2. The largest absolute Gasteiger partial charge is 0.368 e. The van der Waals surface area contributed by atoms with Gasteiger partial charge in [0.2, 0.25) is 11.8 Å². The zero-order valence-corrected chi connectivity index (χ0v) is 16.2. The molecule has 2 heterocycles. The van der Waals surface area contributed by atoms with Crippen molar-refractivity contribution in [1.82, 2.24) is 19.7 Å². The number of nitrogens with two attached hydrogens (primary N) is 1. The molecule has 2 amide bonds. The van der Waals surface area contributed by atoms with Crippen molar-refractivity contribution in [1.29, 1.82) is 0 Å². The second kappa shape index (κ2) is 7.90. The molecule has 2 aromatic rings. The van der Waals surface area contributed by atoms with Gasteiger partial charge < -0.3 is 10.6 Å². The number of halogens is 1. The summed E-state index contributed by atoms with van der Waals surface area (Å²) in [6.07, 6.45) is 4.34. The van der Waals surface area contributed by atoms with Gasteiger partial charge in [0.15, 0.2) is 11.0 Å². The third kappa shape index (κ3) is 3.76. The number of hydrogen-bond donors (Lipinski definition) is 1. The monoisotopic (exact) mass is 403 g/mol. The number of amides is 2. The van der Waals surface area contributed by atoms with Gasteiger partial charge in [-0.05, 0) is 44.2 Å². The van der Waals surface area contributed by atoms with Gasteiger partial charge in [-0.2, -0.15) is 0 Å². The molecule has 1 aliphatic carbocycles. The molecule has 1 unspecified atom stereocenters. The van der Waals surface area contributed by atoms with E-state index in [1.54, 1.807) is 23.1 Å². The van der Waals surface area contributed by atoms with E-state index in [0.29, 0.717) is 29.5 Å². The van der Waals surface area contributed by atoms with Crippen molar-refractivity contribution in [2.45, 2.75) is 49.3 Å². The number of hydrogen-bond acceptors (Lipinski definition) is 5. The molecular formula is C19H22FN5O2S. The number of piperidine rings is 1. The standard InChI is InChI=1S/C19H22FN5O2S/c20-14-6-2-1-5-13(14)18-22-23-19(25(18)12-8-9-12)28-11-16(26)24-10-4-3-7-15(24)17(21)27/h1-2,5-6,12,15H,3-4,7-11H2,(H2,21,27). The number of nitrogens with zero attached hydrogens (tertiary/aromatic N) is 4. The number of thioether (sulfide) groups is 1. The van der Waals surface area contributed by atoms with E-state index in [1.807, 2.05) is 4.57 Å². The first kappa shape index (κ1) is 18.9. The van der Waals surface area contributed by atoms with Gasteiger partial charge in [-0.3, -0.25) is 14.2 Å². The molecule has 1 aromatic heterocycles. The number of primary amides is 1. The fourth-order valence-electron chi connectivity index (χ4n) is 3.60. The average Bonchev–Trinajstić information content (AvgIpc) is 3.46. The van der Waals surface area contributed by atoms with Gasteiger partial charge in [-0.25, -0.2) is 4.39 Å². The minimum Gasteiger partial charge on any atom is -0.368 e. The van der Waals surface area contributed by atoms with Crippen molar-refractivity contribution >= 4 is 23.6 Å². The second-order valence-electron chi connectivity index (χ2n) is 7.18. The fourth-order valence-corrected chi connectivity index (χ4v) is 4.49. The Hall–Kier alpha value is -2.42. The Bertz CT molecular complexity index is 898. The van der Waals surface area contributed by atoms with E-state index in [1.165, 1.54) is 17.8 Å². The number of aromatic nitrogens is 3. The molecule has 1 aliphatic heterocycles. The van der Waals surface area contributed by atoms with E-state index in [-0.39, 0.29) is 23.5 Å². The van der Waals surface area contributed by atoms with E-state index in [2.05, 4.69) is 10.2 Å². The van der Waals surface area contributed by atoms with Crippen molar-refractivity contribution in [3.63, 3.8) is 0 Å². The predicted octanol–water partition coefficient (Wildman–Crippen LogP) is 2.38. The molecule has 9 heteroatoms. The first-order valence-electron chi connectivity index (χ1n) is 9.47. The molecule has 1 saturated heterocycles. The van der Waals surface area contributed by atoms with Crippen molar-refractivity contribution in [2.75, 3.05) is 12.3 Å². The Labute approximate surface area is 166 Å². The molecular weight excluding hydrogens is 381 g/mol. The maximum absolute atomic E-state index is 14.2. The molecule has 28 heavy (non-hydrogen) atoms. The Morgan fingerprint density at radius 2 is 1.96 bits per heavy atom. The topological polar surface area (TPSA) is 94.1 Å². The van der Waals surface area contributed by atoms with Gasteiger partial charge in [0.1, 0.15) is 11.9 Å². The molecule has 0 radical (unpaired) electrons. The quantitative estimate of drug-likeness (QED) is 0.748. The van der Waals surface area contributed by atoms with Gasteiger partial charge >= 0.3 is 0 Å². The molecule has 1 aromatic carbocycles. The lowest BCUT2D eigenvalue weighted by Gasteiger charge is -2.33. The molecule has 4 rings (SSSR count). The maximum Gasteiger partial charge on any atom is 0.240 e. The van der Waals surface area contributed by atoms with Crippen LogP contribution in [0.15, 0.2) is 29.4 Å². The Balaban J connectivity index is 1.52. The summed E-state index contributed by atoms with van der Waals surface area (Å²) in [5.74, 6) is -0.302. The molecule has 2 aliphatic rings. The first-order chi connectivity index (χ1) is 13.6. The van der Waals surface area contributed by atoms with Crippen LogP contribution in [-0.2, 0) is 9.59 Å². The summed E-state index contributed by atoms with van der Waals surface area (Å²) in [5, 5.41) is 9.01. The summed E-state index contributed by atoms with van der Waals surface area (Å²) in [5.41, 5.74) is 5.86. The minimum absolute atomic E-state index is 0.133. The van der Waals surface area contributed by atoms with Crippen LogP contribution in [-0.4, -0.2) is 49.8 Å². The van der Waals surface area contributed by atoms with Crippen molar-refractivity contribution in [2.24, 2.45) is 5.73 Å². The number of carbonyl (C=O) groups excluding carboxylic acids is 2. The van der Waals surface area contributed by atoms with Crippen LogP contribution in [0.2, 0.25) is 0 Å². The second-order valence-corrected chi connectivity index (χ2v) is 8.12. The van der Waals surface area contributed by atoms with Crippen LogP contribution in [0.4, 0.5) is 4.39 Å². The van der Waals surface area contributed by atoms with E-state index in [0.717, 1.165) is 25.7 Å². The van der Waals surface area contributed by atoms with Crippen LogP contribution in [0.3, 0.4) is 0 Å². The molecule has 0 bridgehead atoms. The average molecular weight is 403 g/mol. The maximum atomic E-state index is 14.2. The Morgan fingerprint density at radius 3 is 2.68 bits per heavy atom. The summed E-state index contributed by atoms with van der Waals surface area (Å²) in [4.78, 5) is 25.9. The van der Waals surface area contributed by atoms with Gasteiger partial charge in [0.25, 0.3) is 0 Å². The summed E-state index contributed by atoms with van der Waals surface area (Å²) in [6.45, 7) is 0.544. The molecule has 7 nitrogen and oxygen atoms in total. The third-order valence-corrected chi connectivity index (χ3v) is 6.10. The van der Waals surface area contributed by atoms with Crippen molar-refractivity contribution in [3.05, 3.63) is 30.1 Å². The predicted molar refractivity (Wildman–Crippen MR) is 103 cm³/mol. The van der Waals surface area contributed by atoms with Gasteiger partial charge in [-0.1, -0.05) is 23.9 Å². The van der Waals surface area contributed by atoms with Crippen LogP contribution < -0.4 is 5.73 Å². The summed E-state index contributed by atoms with van der Waals surface area (Å²) >= 11 is 1.28. The van der Waals surface area contributed by atoms with Crippen molar-refractivity contribution in [3.8, 4) is 11.4 Å². The normalized spacial score (nSPS) is 19.6. The third-order valence-electron chi connectivity index (χ3n) is 5.17. The SMILES string of the molecule is NC(=O)C1CCCCN1C(=O)CSc1nnc(-c2ccccc2F)n1C1CC1. The number of carbonyl (C=O) groups is 2. The summed E-state index contributed by atoms with van der Waals surface area (Å²) in [6, 6.07) is 6.19. The van der Waals surface area contributed by atoms with E-state index >= 15 is 0 Å². The van der Waals surface area contributed by atoms with Crippen LogP contribution in [0.5, 0.6) is 0 Å². The molecule has 2 fully saturated rings. The lowest BCUT2D eigenvalue weighted by molar-refractivity contribution is -0.138. The van der Waals surface area contributed by atoms with E-state index < -0.39 is 11.9 Å². The van der Waals surface area contributed by atoms with Gasteiger partial charge in [-0.15, -0.1) is 10.2 Å². The van der Waals surface area contributed by atoms with E-state index in [4.69, 9.17) is 5.73 Å². The Kier molecular flexibility index (Phi) is 5.34. The zero-order chi connectivity index (χ0) is 19.7. The van der Waals surface area contributed by atoms with Crippen LogP contribution >= 0.6 is 11.8 Å². The van der Waals surface area contributed by atoms with Crippen LogP contribution in [0, 0.1) is 5.82 Å². The number of likely N-dealkylation sites (tertiary alicyclic amines) is 1. The highest BCUT2D eigenvalue weighted by Gasteiger charge is 2.33. The fraction of sp³-hybridized carbons (Fsp3) is 0.474. The minimum atomic E-state index is -0.530. The van der Waals surface area contributed by atoms with Crippen LogP contribution in [0.1, 0.15) is 38.1 Å². The number of benzene rings is 1. The number of rotatable bonds is 6. The summed E-state index contributed by atoms with van der Waals surface area (Å²) in [7, 11) is 0. The smallest absolute Gasteiger partial charge is 0.240 e. The van der Waals surface area contributed by atoms with Crippen molar-refractivity contribution < 1.29 is 14.0 Å². The Morgan fingerprint density at radius 1 is 1.18 bits per heavy atom. The highest BCUT2D eigenvalue weighted by Crippen LogP contribution is 2.41. The highest BCUT2D eigenvalue weighted by molar-refractivity contribution is 7.99. The zero-order valence-electron chi connectivity index (χ0n) is 15.4. The molecule has 0 spiro atoms. The molecule has 2 N–H and O–H groups in total. The first-order valence-corrected chi connectivity index (χ1v) is 10.5. The van der Waals surface area contributed by atoms with Crippen LogP contribution in [0.25, 0.3) is 11.4 Å². The van der Waals surface area contributed by atoms with Gasteiger partial charge in [0.05, 0.1) is 11.3 Å².